The number of carbonyl (C=O) groups is 1. The molecule has 1 aromatic heterocycles. The van der Waals surface area contributed by atoms with Crippen molar-refractivity contribution in [2.75, 3.05) is 6.54 Å². The maximum atomic E-state index is 11.1. The van der Waals surface area contributed by atoms with Crippen molar-refractivity contribution in [3.63, 3.8) is 0 Å². The number of thiophene rings is 1. The lowest BCUT2D eigenvalue weighted by Crippen LogP contribution is -2.21. The molecule has 0 fully saturated rings. The van der Waals surface area contributed by atoms with Crippen LogP contribution in [-0.2, 0) is 0 Å². The van der Waals surface area contributed by atoms with Crippen LogP contribution in [0.2, 0.25) is 0 Å². The van der Waals surface area contributed by atoms with E-state index in [1.54, 1.807) is 6.07 Å². The van der Waals surface area contributed by atoms with E-state index in [-0.39, 0.29) is 5.91 Å². The van der Waals surface area contributed by atoms with Crippen LogP contribution in [0.1, 0.15) is 16.6 Å². The molecule has 0 atom stereocenters. The summed E-state index contributed by atoms with van der Waals surface area (Å²) >= 11 is 5.51. The van der Waals surface area contributed by atoms with Gasteiger partial charge in [-0.05, 0) is 13.0 Å². The zero-order chi connectivity index (χ0) is 8.27. The number of nitrogens with one attached hydrogen (secondary N) is 1. The average molecular weight is 187 g/mol. The Bertz CT molecular complexity index is 257. The van der Waals surface area contributed by atoms with Crippen molar-refractivity contribution in [1.29, 1.82) is 0 Å². The minimum atomic E-state index is -0.0159. The van der Waals surface area contributed by atoms with Crippen LogP contribution in [0.5, 0.6) is 0 Å². The molecule has 0 saturated carbocycles. The molecule has 0 bridgehead atoms. The Morgan fingerprint density at radius 3 is 3.00 bits per heavy atom. The summed E-state index contributed by atoms with van der Waals surface area (Å²) in [6, 6.07) is 1.76. The molecule has 0 saturated heterocycles. The first kappa shape index (κ1) is 8.62. The Balaban J connectivity index is 2.69. The van der Waals surface area contributed by atoms with E-state index < -0.39 is 0 Å². The lowest BCUT2D eigenvalue weighted by molar-refractivity contribution is 0.0960. The van der Waals surface area contributed by atoms with Crippen molar-refractivity contribution in [2.45, 2.75) is 11.8 Å². The van der Waals surface area contributed by atoms with E-state index in [1.807, 2.05) is 12.3 Å². The molecule has 0 spiro atoms. The van der Waals surface area contributed by atoms with Gasteiger partial charge < -0.3 is 5.32 Å². The fraction of sp³-hybridized carbons (Fsp3) is 0.286. The van der Waals surface area contributed by atoms with Crippen molar-refractivity contribution in [2.24, 2.45) is 0 Å². The van der Waals surface area contributed by atoms with Gasteiger partial charge in [-0.25, -0.2) is 0 Å². The maximum Gasteiger partial charge on any atom is 0.261 e. The van der Waals surface area contributed by atoms with Crippen molar-refractivity contribution < 1.29 is 4.79 Å². The van der Waals surface area contributed by atoms with Crippen LogP contribution >= 0.6 is 24.0 Å². The minimum Gasteiger partial charge on any atom is -0.352 e. The third-order valence-electron chi connectivity index (χ3n) is 1.15. The van der Waals surface area contributed by atoms with Crippen molar-refractivity contribution in [3.8, 4) is 0 Å². The summed E-state index contributed by atoms with van der Waals surface area (Å²) in [6.45, 7) is 2.56. The van der Waals surface area contributed by atoms with Gasteiger partial charge in [0.15, 0.2) is 0 Å². The Kier molecular flexibility index (Phi) is 2.96. The van der Waals surface area contributed by atoms with Crippen LogP contribution in [0.4, 0.5) is 0 Å². The molecular weight excluding hydrogens is 178 g/mol. The molecule has 0 aromatic carbocycles. The van der Waals surface area contributed by atoms with Gasteiger partial charge in [-0.2, -0.15) is 0 Å². The molecule has 4 heteroatoms. The van der Waals surface area contributed by atoms with Gasteiger partial charge in [0, 0.05) is 16.8 Å². The quantitative estimate of drug-likeness (QED) is 0.679. The van der Waals surface area contributed by atoms with Gasteiger partial charge in [0.2, 0.25) is 0 Å². The number of thiol groups is 1. The molecule has 1 N–H and O–H groups in total. The van der Waals surface area contributed by atoms with E-state index in [1.165, 1.54) is 11.3 Å². The molecule has 0 unspecified atom stereocenters. The number of carbonyl (C=O) groups excluding carboxylic acids is 1. The summed E-state index contributed by atoms with van der Waals surface area (Å²) in [7, 11) is 0. The molecule has 0 radical (unpaired) electrons. The second kappa shape index (κ2) is 3.78. The topological polar surface area (TPSA) is 29.1 Å². The third-order valence-corrected chi connectivity index (χ3v) is 2.51. The van der Waals surface area contributed by atoms with Crippen molar-refractivity contribution in [3.05, 3.63) is 16.3 Å². The molecule has 1 aromatic rings. The van der Waals surface area contributed by atoms with Gasteiger partial charge in [-0.1, -0.05) is 0 Å². The largest absolute Gasteiger partial charge is 0.352 e. The summed E-state index contributed by atoms with van der Waals surface area (Å²) in [4.78, 5) is 12.7. The molecule has 2 nitrogen and oxygen atoms in total. The predicted octanol–water partition coefficient (Wildman–Crippen LogP) is 1.79. The molecule has 0 aliphatic carbocycles. The van der Waals surface area contributed by atoms with Gasteiger partial charge >= 0.3 is 0 Å². The van der Waals surface area contributed by atoms with E-state index in [0.29, 0.717) is 6.54 Å². The van der Waals surface area contributed by atoms with Gasteiger partial charge in [-0.15, -0.1) is 24.0 Å². The van der Waals surface area contributed by atoms with Crippen LogP contribution in [0.15, 0.2) is 16.3 Å². The zero-order valence-corrected chi connectivity index (χ0v) is 7.84. The van der Waals surface area contributed by atoms with Crippen LogP contribution in [0, 0.1) is 0 Å². The lowest BCUT2D eigenvalue weighted by atomic mass is 10.4. The number of hydrogen-bond donors (Lipinski definition) is 2. The molecule has 0 aliphatic rings. The first-order valence-corrected chi connectivity index (χ1v) is 4.62. The molecule has 0 aliphatic heterocycles. The fourth-order valence-corrected chi connectivity index (χ4v) is 1.76. The fourth-order valence-electron chi connectivity index (χ4n) is 0.693. The lowest BCUT2D eigenvalue weighted by Gasteiger charge is -1.95. The standard InChI is InChI=1S/C7H9NOS2/c1-2-8-7(9)6-3-5(10)4-11-6/h3-4,10H,2H2,1H3,(H,8,9). The van der Waals surface area contributed by atoms with E-state index >= 15 is 0 Å². The second-order valence-electron chi connectivity index (χ2n) is 2.03. The van der Waals surface area contributed by atoms with Crippen LogP contribution in [0.3, 0.4) is 0 Å². The molecule has 1 rings (SSSR count). The van der Waals surface area contributed by atoms with Crippen molar-refractivity contribution in [1.82, 2.24) is 5.32 Å². The second-order valence-corrected chi connectivity index (χ2v) is 3.46. The third kappa shape index (κ3) is 2.24. The smallest absolute Gasteiger partial charge is 0.261 e. The van der Waals surface area contributed by atoms with Crippen molar-refractivity contribution >= 4 is 29.9 Å². The number of rotatable bonds is 2. The summed E-state index contributed by atoms with van der Waals surface area (Å²) < 4.78 is 0. The Labute approximate surface area is 75.0 Å². The van der Waals surface area contributed by atoms with E-state index in [4.69, 9.17) is 0 Å². The SMILES string of the molecule is CCNC(=O)c1cc(S)cs1. The Morgan fingerprint density at radius 2 is 2.55 bits per heavy atom. The highest BCUT2D eigenvalue weighted by atomic mass is 32.1. The summed E-state index contributed by atoms with van der Waals surface area (Å²) in [5, 5.41) is 4.55. The Morgan fingerprint density at radius 1 is 1.82 bits per heavy atom. The van der Waals surface area contributed by atoms with Gasteiger partial charge in [0.1, 0.15) is 0 Å². The normalized spacial score (nSPS) is 9.64. The minimum absolute atomic E-state index is 0.0159. The monoisotopic (exact) mass is 187 g/mol. The average Bonchev–Trinajstić information content (AvgIpc) is 2.36. The first-order valence-electron chi connectivity index (χ1n) is 3.29. The van der Waals surface area contributed by atoms with Crippen LogP contribution in [0.25, 0.3) is 0 Å². The zero-order valence-electron chi connectivity index (χ0n) is 6.13. The summed E-state index contributed by atoms with van der Waals surface area (Å²) in [6.07, 6.45) is 0. The molecule has 11 heavy (non-hydrogen) atoms. The summed E-state index contributed by atoms with van der Waals surface area (Å²) in [5.41, 5.74) is 0. The van der Waals surface area contributed by atoms with Gasteiger partial charge in [0.05, 0.1) is 4.88 Å². The van der Waals surface area contributed by atoms with E-state index in [2.05, 4.69) is 17.9 Å². The maximum absolute atomic E-state index is 11.1. The van der Waals surface area contributed by atoms with Gasteiger partial charge in [0.25, 0.3) is 5.91 Å². The van der Waals surface area contributed by atoms with E-state index in [0.717, 1.165) is 9.77 Å². The number of amides is 1. The first-order chi connectivity index (χ1) is 5.24. The molecular formula is C7H9NOS2. The highest BCUT2D eigenvalue weighted by Crippen LogP contribution is 2.16. The predicted molar refractivity (Wildman–Crippen MR) is 49.6 cm³/mol. The highest BCUT2D eigenvalue weighted by molar-refractivity contribution is 7.80. The molecule has 1 heterocycles. The Hall–Kier alpha value is -0.480. The van der Waals surface area contributed by atoms with Crippen LogP contribution < -0.4 is 5.32 Å². The summed E-state index contributed by atoms with van der Waals surface area (Å²) in [5.74, 6) is -0.0159. The molecule has 1 amide bonds. The van der Waals surface area contributed by atoms with E-state index in [9.17, 15) is 4.79 Å². The molecule has 60 valence electrons. The highest BCUT2D eigenvalue weighted by Gasteiger charge is 2.05. The van der Waals surface area contributed by atoms with Crippen LogP contribution in [-0.4, -0.2) is 12.5 Å². The van der Waals surface area contributed by atoms with Gasteiger partial charge in [-0.3, -0.25) is 4.79 Å². The number of hydrogen-bond acceptors (Lipinski definition) is 3.